The van der Waals surface area contributed by atoms with Gasteiger partial charge in [0.15, 0.2) is 0 Å². The van der Waals surface area contributed by atoms with E-state index in [-0.39, 0.29) is 0 Å². The van der Waals surface area contributed by atoms with E-state index >= 15 is 0 Å². The number of aromatic nitrogens is 2. The van der Waals surface area contributed by atoms with Crippen molar-refractivity contribution in [3.63, 3.8) is 0 Å². The van der Waals surface area contributed by atoms with E-state index in [0.717, 1.165) is 47.6 Å². The lowest BCUT2D eigenvalue weighted by Gasteiger charge is -2.12. The molecule has 1 atom stereocenters. The first-order chi connectivity index (χ1) is 11.7. The zero-order valence-corrected chi connectivity index (χ0v) is 14.3. The van der Waals surface area contributed by atoms with Crippen molar-refractivity contribution in [2.45, 2.75) is 39.3 Å². The number of imidazole rings is 1. The number of para-hydroxylation sites is 3. The average Bonchev–Trinajstić information content (AvgIpc) is 2.95. The number of ether oxygens (including phenoxy) is 1. The van der Waals surface area contributed by atoms with Crippen LogP contribution in [-0.2, 0) is 6.54 Å². The molecule has 3 aromatic rings. The van der Waals surface area contributed by atoms with Crippen LogP contribution < -0.4 is 4.74 Å². The molecule has 0 radical (unpaired) electrons. The highest BCUT2D eigenvalue weighted by Gasteiger charge is 2.13. The highest BCUT2D eigenvalue weighted by Crippen LogP contribution is 2.21. The van der Waals surface area contributed by atoms with E-state index in [4.69, 9.17) is 4.74 Å². The second-order valence-corrected chi connectivity index (χ2v) is 6.11. The fraction of sp³-hybridized carbons (Fsp3) is 0.350. The summed E-state index contributed by atoms with van der Waals surface area (Å²) in [5.74, 6) is 1.69. The molecule has 0 amide bonds. The van der Waals surface area contributed by atoms with Gasteiger partial charge in [-0.2, -0.15) is 0 Å². The van der Waals surface area contributed by atoms with Crippen LogP contribution in [0.5, 0.6) is 5.75 Å². The zero-order chi connectivity index (χ0) is 16.9. The second-order valence-electron chi connectivity index (χ2n) is 6.11. The van der Waals surface area contributed by atoms with Gasteiger partial charge in [-0.15, -0.1) is 0 Å². The Morgan fingerprint density at radius 3 is 2.62 bits per heavy atom. The van der Waals surface area contributed by atoms with Crippen LogP contribution >= 0.6 is 0 Å². The molecule has 24 heavy (non-hydrogen) atoms. The van der Waals surface area contributed by atoms with Crippen LogP contribution in [-0.4, -0.2) is 21.3 Å². The highest BCUT2D eigenvalue weighted by atomic mass is 16.5. The third kappa shape index (κ3) is 3.60. The van der Waals surface area contributed by atoms with Gasteiger partial charge in [0.25, 0.3) is 0 Å². The van der Waals surface area contributed by atoms with E-state index in [9.17, 15) is 5.11 Å². The molecule has 0 aliphatic heterocycles. The van der Waals surface area contributed by atoms with Crippen molar-refractivity contribution in [2.75, 3.05) is 6.61 Å². The molecule has 0 saturated carbocycles. The molecule has 0 bridgehead atoms. The number of hydrogen-bond donors (Lipinski definition) is 1. The molecule has 1 heterocycles. The molecule has 0 aliphatic rings. The molecule has 0 saturated heterocycles. The Labute approximate surface area is 142 Å². The molecule has 1 aromatic heterocycles. The molecule has 0 fully saturated rings. The smallest absolute Gasteiger partial charge is 0.138 e. The normalized spacial score (nSPS) is 12.5. The monoisotopic (exact) mass is 324 g/mol. The van der Waals surface area contributed by atoms with Crippen LogP contribution in [0.1, 0.15) is 37.3 Å². The van der Waals surface area contributed by atoms with Gasteiger partial charge in [0, 0.05) is 6.54 Å². The number of aryl methyl sites for hydroxylation is 2. The Morgan fingerprint density at radius 2 is 1.83 bits per heavy atom. The maximum atomic E-state index is 9.98. The number of hydrogen-bond acceptors (Lipinski definition) is 3. The predicted molar refractivity (Wildman–Crippen MR) is 96.3 cm³/mol. The largest absolute Gasteiger partial charge is 0.493 e. The molecule has 0 spiro atoms. The number of fused-ring (bicyclic) bond motifs is 1. The molecule has 0 aliphatic carbocycles. The third-order valence-electron chi connectivity index (χ3n) is 4.18. The second kappa shape index (κ2) is 7.49. The Kier molecular flexibility index (Phi) is 5.16. The van der Waals surface area contributed by atoms with Crippen LogP contribution in [0, 0.1) is 6.92 Å². The fourth-order valence-electron chi connectivity index (χ4n) is 2.92. The first kappa shape index (κ1) is 16.5. The summed E-state index contributed by atoms with van der Waals surface area (Å²) in [4.78, 5) is 4.55. The molecular formula is C20H24N2O2. The predicted octanol–water partition coefficient (Wildman–Crippen LogP) is 4.26. The molecule has 3 rings (SSSR count). The maximum Gasteiger partial charge on any atom is 0.138 e. The molecule has 1 N–H and O–H groups in total. The van der Waals surface area contributed by atoms with Gasteiger partial charge in [0.05, 0.1) is 17.6 Å². The third-order valence-corrected chi connectivity index (χ3v) is 4.18. The Hall–Kier alpha value is -2.33. The number of aliphatic hydroxyl groups is 1. The summed E-state index contributed by atoms with van der Waals surface area (Å²) >= 11 is 0. The number of aliphatic hydroxyl groups excluding tert-OH is 1. The van der Waals surface area contributed by atoms with Crippen LogP contribution in [0.3, 0.4) is 0 Å². The van der Waals surface area contributed by atoms with Crippen molar-refractivity contribution < 1.29 is 9.84 Å². The van der Waals surface area contributed by atoms with Crippen molar-refractivity contribution in [3.05, 3.63) is 59.9 Å². The number of rotatable bonds is 7. The van der Waals surface area contributed by atoms with Crippen molar-refractivity contribution in [1.82, 2.24) is 9.55 Å². The van der Waals surface area contributed by atoms with Crippen molar-refractivity contribution in [2.24, 2.45) is 0 Å². The van der Waals surface area contributed by atoms with Gasteiger partial charge < -0.3 is 14.4 Å². The summed E-state index contributed by atoms with van der Waals surface area (Å²) in [6.45, 7) is 5.35. The minimum absolute atomic E-state index is 0.569. The van der Waals surface area contributed by atoms with Gasteiger partial charge in [0.1, 0.15) is 17.7 Å². The van der Waals surface area contributed by atoms with Gasteiger partial charge in [-0.05, 0) is 50.5 Å². The average molecular weight is 324 g/mol. The maximum absolute atomic E-state index is 9.98. The summed E-state index contributed by atoms with van der Waals surface area (Å²) in [6.07, 6.45) is 1.37. The molecule has 4 nitrogen and oxygen atoms in total. The van der Waals surface area contributed by atoms with Gasteiger partial charge in [-0.25, -0.2) is 4.98 Å². The quantitative estimate of drug-likeness (QED) is 0.661. The standard InChI is InChI=1S/C20H24N2O2/c1-15-9-3-6-12-19(15)24-14-8-7-13-22-18-11-5-4-10-17(18)21-20(22)16(2)23/h3-6,9-12,16,23H,7-8,13-14H2,1-2H3. The number of benzene rings is 2. The van der Waals surface area contributed by atoms with Crippen LogP contribution in [0.25, 0.3) is 11.0 Å². The van der Waals surface area contributed by atoms with E-state index in [1.54, 1.807) is 6.92 Å². The van der Waals surface area contributed by atoms with Crippen LogP contribution in [0.2, 0.25) is 0 Å². The molecule has 1 unspecified atom stereocenters. The fourth-order valence-corrected chi connectivity index (χ4v) is 2.92. The van der Waals surface area contributed by atoms with E-state index in [1.165, 1.54) is 0 Å². The lowest BCUT2D eigenvalue weighted by atomic mass is 10.2. The molecule has 2 aromatic carbocycles. The zero-order valence-electron chi connectivity index (χ0n) is 14.3. The van der Waals surface area contributed by atoms with Crippen molar-refractivity contribution in [1.29, 1.82) is 0 Å². The highest BCUT2D eigenvalue weighted by molar-refractivity contribution is 5.75. The van der Waals surface area contributed by atoms with E-state index in [1.807, 2.05) is 36.4 Å². The Balaban J connectivity index is 1.60. The van der Waals surface area contributed by atoms with Crippen molar-refractivity contribution in [3.8, 4) is 5.75 Å². The van der Waals surface area contributed by atoms with Gasteiger partial charge in [-0.3, -0.25) is 0 Å². The minimum atomic E-state index is -0.569. The lowest BCUT2D eigenvalue weighted by molar-refractivity contribution is 0.184. The Bertz CT molecular complexity index is 808. The first-order valence-corrected chi connectivity index (χ1v) is 8.48. The number of nitrogens with zero attached hydrogens (tertiary/aromatic N) is 2. The summed E-state index contributed by atoms with van der Waals surface area (Å²) in [5.41, 5.74) is 3.17. The van der Waals surface area contributed by atoms with Gasteiger partial charge in [-0.1, -0.05) is 30.3 Å². The minimum Gasteiger partial charge on any atom is -0.493 e. The molecule has 4 heteroatoms. The summed E-state index contributed by atoms with van der Waals surface area (Å²) < 4.78 is 7.97. The van der Waals surface area contributed by atoms with Crippen LogP contribution in [0.4, 0.5) is 0 Å². The summed E-state index contributed by atoms with van der Waals surface area (Å²) in [7, 11) is 0. The molecular weight excluding hydrogens is 300 g/mol. The van der Waals surface area contributed by atoms with Crippen LogP contribution in [0.15, 0.2) is 48.5 Å². The SMILES string of the molecule is Cc1ccccc1OCCCCn1c(C(C)O)nc2ccccc21. The summed E-state index contributed by atoms with van der Waals surface area (Å²) in [6, 6.07) is 16.1. The lowest BCUT2D eigenvalue weighted by Crippen LogP contribution is -2.08. The summed E-state index contributed by atoms with van der Waals surface area (Å²) in [5, 5.41) is 9.98. The van der Waals surface area contributed by atoms with E-state index < -0.39 is 6.10 Å². The van der Waals surface area contributed by atoms with Gasteiger partial charge in [0.2, 0.25) is 0 Å². The van der Waals surface area contributed by atoms with Crippen molar-refractivity contribution >= 4 is 11.0 Å². The van der Waals surface area contributed by atoms with E-state index in [0.29, 0.717) is 6.61 Å². The van der Waals surface area contributed by atoms with Gasteiger partial charge >= 0.3 is 0 Å². The first-order valence-electron chi connectivity index (χ1n) is 8.48. The topological polar surface area (TPSA) is 47.3 Å². The van der Waals surface area contributed by atoms with E-state index in [2.05, 4.69) is 28.6 Å². The number of unbranched alkanes of at least 4 members (excludes halogenated alkanes) is 1. The molecule has 126 valence electrons. The Morgan fingerprint density at radius 1 is 1.08 bits per heavy atom.